The summed E-state index contributed by atoms with van der Waals surface area (Å²) in [7, 11) is 1.38. The van der Waals surface area contributed by atoms with Crippen molar-refractivity contribution in [2.45, 2.75) is 0 Å². The van der Waals surface area contributed by atoms with Crippen LogP contribution in [0, 0.1) is 10.1 Å². The molecule has 0 aliphatic heterocycles. The van der Waals surface area contributed by atoms with Gasteiger partial charge in [-0.25, -0.2) is 0 Å². The summed E-state index contributed by atoms with van der Waals surface area (Å²) in [5.41, 5.74) is 1.24. The Hall–Kier alpha value is -2.37. The van der Waals surface area contributed by atoms with E-state index in [1.165, 1.54) is 19.4 Å². The largest absolute Gasteiger partial charge is 0.490 e. The summed E-state index contributed by atoms with van der Waals surface area (Å²) in [5, 5.41) is 14.4. The van der Waals surface area contributed by atoms with Crippen LogP contribution in [0.2, 0.25) is 0 Å². The molecule has 0 bridgehead atoms. The van der Waals surface area contributed by atoms with Gasteiger partial charge in [0, 0.05) is 17.7 Å². The van der Waals surface area contributed by atoms with Crippen molar-refractivity contribution in [3.63, 3.8) is 0 Å². The maximum absolute atomic E-state index is 10.7. The molecule has 82 valence electrons. The van der Waals surface area contributed by atoms with Gasteiger partial charge in [-0.05, 0) is 12.1 Å². The zero-order chi connectivity index (χ0) is 11.5. The maximum atomic E-state index is 10.7. The van der Waals surface area contributed by atoms with Crippen LogP contribution >= 0.6 is 0 Å². The molecule has 1 heterocycles. The molecule has 0 fully saturated rings. The van der Waals surface area contributed by atoms with Crippen LogP contribution in [0.15, 0.2) is 35.1 Å². The lowest BCUT2D eigenvalue weighted by Gasteiger charge is -2.02. The van der Waals surface area contributed by atoms with E-state index in [1.54, 1.807) is 18.2 Å². The molecule has 1 aromatic heterocycles. The standard InChI is InChI=1S/C10H8N2O4/c1-15-10-6-7(8-4-5-16-11-8)2-3-9(10)12(13)14/h2-6H,1H3. The van der Waals surface area contributed by atoms with Crippen LogP contribution in [0.3, 0.4) is 0 Å². The van der Waals surface area contributed by atoms with E-state index >= 15 is 0 Å². The first-order chi connectivity index (χ1) is 7.72. The first-order valence-corrected chi connectivity index (χ1v) is 4.45. The fourth-order valence-electron chi connectivity index (χ4n) is 1.35. The molecule has 0 aliphatic carbocycles. The third-order valence-corrected chi connectivity index (χ3v) is 2.11. The summed E-state index contributed by atoms with van der Waals surface area (Å²) < 4.78 is 9.64. The first kappa shape index (κ1) is 10.2. The number of nitrogens with zero attached hydrogens (tertiary/aromatic N) is 2. The van der Waals surface area contributed by atoms with E-state index in [-0.39, 0.29) is 11.4 Å². The quantitative estimate of drug-likeness (QED) is 0.585. The van der Waals surface area contributed by atoms with Crippen molar-refractivity contribution in [1.29, 1.82) is 0 Å². The predicted octanol–water partition coefficient (Wildman–Crippen LogP) is 2.26. The second kappa shape index (κ2) is 4.01. The molecule has 0 spiro atoms. The second-order valence-corrected chi connectivity index (χ2v) is 3.03. The van der Waals surface area contributed by atoms with Crippen molar-refractivity contribution in [1.82, 2.24) is 5.16 Å². The fraction of sp³-hybridized carbons (Fsp3) is 0.100. The minimum atomic E-state index is -0.495. The Morgan fingerprint density at radius 2 is 2.25 bits per heavy atom. The zero-order valence-electron chi connectivity index (χ0n) is 8.41. The minimum absolute atomic E-state index is 0.0743. The highest BCUT2D eigenvalue weighted by Crippen LogP contribution is 2.31. The van der Waals surface area contributed by atoms with Gasteiger partial charge in [0.2, 0.25) is 0 Å². The number of hydrogen-bond donors (Lipinski definition) is 0. The summed E-state index contributed by atoms with van der Waals surface area (Å²) >= 11 is 0. The molecule has 0 N–H and O–H groups in total. The molecule has 2 rings (SSSR count). The summed E-state index contributed by atoms with van der Waals surface area (Å²) in [5.74, 6) is 0.200. The molecule has 1 aromatic carbocycles. The average Bonchev–Trinajstić information content (AvgIpc) is 2.81. The molecule has 0 amide bonds. The van der Waals surface area contributed by atoms with Crippen molar-refractivity contribution in [2.24, 2.45) is 0 Å². The van der Waals surface area contributed by atoms with Crippen molar-refractivity contribution in [2.75, 3.05) is 7.11 Å². The molecule has 0 aliphatic rings. The van der Waals surface area contributed by atoms with E-state index in [1.807, 2.05) is 0 Å². The second-order valence-electron chi connectivity index (χ2n) is 3.03. The lowest BCUT2D eigenvalue weighted by molar-refractivity contribution is -0.385. The van der Waals surface area contributed by atoms with Crippen molar-refractivity contribution in [3.8, 4) is 17.0 Å². The summed E-state index contributed by atoms with van der Waals surface area (Å²) in [4.78, 5) is 10.2. The van der Waals surface area contributed by atoms with Crippen LogP contribution in [-0.2, 0) is 0 Å². The van der Waals surface area contributed by atoms with Gasteiger partial charge in [-0.3, -0.25) is 10.1 Å². The van der Waals surface area contributed by atoms with Crippen molar-refractivity contribution < 1.29 is 14.2 Å². The van der Waals surface area contributed by atoms with Crippen LogP contribution in [0.1, 0.15) is 0 Å². The summed E-state index contributed by atoms with van der Waals surface area (Å²) in [6, 6.07) is 6.19. The summed E-state index contributed by atoms with van der Waals surface area (Å²) in [6.45, 7) is 0. The molecule has 0 saturated carbocycles. The Morgan fingerprint density at radius 1 is 1.44 bits per heavy atom. The Kier molecular flexibility index (Phi) is 2.55. The van der Waals surface area contributed by atoms with Gasteiger partial charge >= 0.3 is 5.69 Å². The van der Waals surface area contributed by atoms with Crippen LogP contribution < -0.4 is 4.74 Å². The number of ether oxygens (including phenoxy) is 1. The third kappa shape index (κ3) is 1.72. The SMILES string of the molecule is COc1cc(-c2ccon2)ccc1[N+](=O)[O-]. The molecule has 6 heteroatoms. The highest BCUT2D eigenvalue weighted by Gasteiger charge is 2.15. The van der Waals surface area contributed by atoms with Gasteiger partial charge in [-0.1, -0.05) is 5.16 Å². The topological polar surface area (TPSA) is 78.4 Å². The number of methoxy groups -OCH3 is 1. The Balaban J connectivity index is 2.49. The maximum Gasteiger partial charge on any atom is 0.310 e. The van der Waals surface area contributed by atoms with Gasteiger partial charge in [-0.15, -0.1) is 0 Å². The number of benzene rings is 1. The van der Waals surface area contributed by atoms with E-state index in [0.717, 1.165) is 0 Å². The van der Waals surface area contributed by atoms with Crippen LogP contribution in [0.5, 0.6) is 5.75 Å². The number of rotatable bonds is 3. The fourth-order valence-corrected chi connectivity index (χ4v) is 1.35. The van der Waals surface area contributed by atoms with E-state index in [2.05, 4.69) is 5.16 Å². The van der Waals surface area contributed by atoms with Gasteiger partial charge < -0.3 is 9.26 Å². The zero-order valence-corrected chi connectivity index (χ0v) is 8.41. The van der Waals surface area contributed by atoms with Crippen molar-refractivity contribution >= 4 is 5.69 Å². The van der Waals surface area contributed by atoms with Crippen molar-refractivity contribution in [3.05, 3.63) is 40.6 Å². The Labute approximate surface area is 90.6 Å². The van der Waals surface area contributed by atoms with Gasteiger partial charge in [0.25, 0.3) is 0 Å². The highest BCUT2D eigenvalue weighted by atomic mass is 16.6. The van der Waals surface area contributed by atoms with E-state index in [9.17, 15) is 10.1 Å². The normalized spacial score (nSPS) is 10.1. The third-order valence-electron chi connectivity index (χ3n) is 2.11. The molecule has 0 radical (unpaired) electrons. The molecule has 0 atom stereocenters. The number of aromatic nitrogens is 1. The highest BCUT2D eigenvalue weighted by molar-refractivity contribution is 5.64. The number of hydrogen-bond acceptors (Lipinski definition) is 5. The first-order valence-electron chi connectivity index (χ1n) is 4.45. The Morgan fingerprint density at radius 3 is 2.81 bits per heavy atom. The molecule has 16 heavy (non-hydrogen) atoms. The molecule has 6 nitrogen and oxygen atoms in total. The van der Waals surface area contributed by atoms with Crippen LogP contribution in [0.4, 0.5) is 5.69 Å². The number of nitro benzene ring substituents is 1. The number of nitro groups is 1. The van der Waals surface area contributed by atoms with Gasteiger partial charge in [0.1, 0.15) is 12.0 Å². The molecular formula is C10H8N2O4. The lowest BCUT2D eigenvalue weighted by atomic mass is 10.1. The van der Waals surface area contributed by atoms with Gasteiger partial charge in [-0.2, -0.15) is 0 Å². The summed E-state index contributed by atoms with van der Waals surface area (Å²) in [6.07, 6.45) is 1.43. The molecule has 0 unspecified atom stereocenters. The average molecular weight is 220 g/mol. The minimum Gasteiger partial charge on any atom is -0.490 e. The monoisotopic (exact) mass is 220 g/mol. The molecule has 0 saturated heterocycles. The van der Waals surface area contributed by atoms with E-state index < -0.39 is 4.92 Å². The Bertz CT molecular complexity index is 508. The van der Waals surface area contributed by atoms with E-state index in [0.29, 0.717) is 11.3 Å². The molecule has 2 aromatic rings. The van der Waals surface area contributed by atoms with Gasteiger partial charge in [0.15, 0.2) is 5.75 Å². The van der Waals surface area contributed by atoms with Gasteiger partial charge in [0.05, 0.1) is 12.0 Å². The van der Waals surface area contributed by atoms with E-state index in [4.69, 9.17) is 9.26 Å². The van der Waals surface area contributed by atoms with Crippen LogP contribution in [-0.4, -0.2) is 17.2 Å². The van der Waals surface area contributed by atoms with Crippen LogP contribution in [0.25, 0.3) is 11.3 Å². The smallest absolute Gasteiger partial charge is 0.310 e. The lowest BCUT2D eigenvalue weighted by Crippen LogP contribution is -1.93. The predicted molar refractivity (Wildman–Crippen MR) is 55.1 cm³/mol. The molecular weight excluding hydrogens is 212 g/mol.